The average molecular weight is 427 g/mol. The Balaban J connectivity index is 1.52. The lowest BCUT2D eigenvalue weighted by Gasteiger charge is -2.10. The molecule has 0 bridgehead atoms. The van der Waals surface area contributed by atoms with Gasteiger partial charge in [-0.2, -0.15) is 0 Å². The Labute approximate surface area is 176 Å². The summed E-state index contributed by atoms with van der Waals surface area (Å²) in [5, 5.41) is 12.5. The SMILES string of the molecule is CCn1c(SCc2csc(-c3ccc(F)cc3)n2)nnc1-c1ccccc1OC. The summed E-state index contributed by atoms with van der Waals surface area (Å²) in [6.07, 6.45) is 0. The van der Waals surface area contributed by atoms with Crippen molar-refractivity contribution in [2.75, 3.05) is 7.11 Å². The molecule has 0 saturated heterocycles. The fourth-order valence-corrected chi connectivity index (χ4v) is 4.77. The third-order valence-corrected chi connectivity index (χ3v) is 6.31. The predicted octanol–water partition coefficient (Wildman–Crippen LogP) is 5.53. The largest absolute Gasteiger partial charge is 0.496 e. The number of hydrogen-bond acceptors (Lipinski definition) is 6. The molecule has 0 saturated carbocycles. The van der Waals surface area contributed by atoms with Crippen molar-refractivity contribution in [2.24, 2.45) is 0 Å². The van der Waals surface area contributed by atoms with Gasteiger partial charge in [-0.25, -0.2) is 9.37 Å². The molecular formula is C21H19FN4OS2. The molecule has 29 heavy (non-hydrogen) atoms. The maximum Gasteiger partial charge on any atom is 0.191 e. The van der Waals surface area contributed by atoms with Gasteiger partial charge in [-0.15, -0.1) is 21.5 Å². The van der Waals surface area contributed by atoms with Crippen molar-refractivity contribution in [1.29, 1.82) is 0 Å². The molecule has 0 aliphatic heterocycles. The second kappa shape index (κ2) is 8.75. The Morgan fingerprint density at radius 1 is 1.10 bits per heavy atom. The predicted molar refractivity (Wildman–Crippen MR) is 115 cm³/mol. The van der Waals surface area contributed by atoms with Crippen LogP contribution in [0.15, 0.2) is 59.1 Å². The number of hydrogen-bond donors (Lipinski definition) is 0. The minimum absolute atomic E-state index is 0.245. The van der Waals surface area contributed by atoms with E-state index in [-0.39, 0.29) is 5.82 Å². The third kappa shape index (κ3) is 4.18. The van der Waals surface area contributed by atoms with Crippen LogP contribution in [0.25, 0.3) is 22.0 Å². The van der Waals surface area contributed by atoms with Gasteiger partial charge < -0.3 is 9.30 Å². The van der Waals surface area contributed by atoms with Crippen molar-refractivity contribution in [1.82, 2.24) is 19.7 Å². The van der Waals surface area contributed by atoms with Gasteiger partial charge in [-0.1, -0.05) is 23.9 Å². The Morgan fingerprint density at radius 2 is 1.90 bits per heavy atom. The fourth-order valence-electron chi connectivity index (χ4n) is 2.95. The van der Waals surface area contributed by atoms with Crippen LogP contribution in [0, 0.1) is 5.82 Å². The van der Waals surface area contributed by atoms with E-state index in [0.29, 0.717) is 5.75 Å². The molecule has 4 rings (SSSR count). The zero-order valence-corrected chi connectivity index (χ0v) is 17.6. The molecule has 148 valence electrons. The van der Waals surface area contributed by atoms with Crippen molar-refractivity contribution < 1.29 is 9.13 Å². The van der Waals surface area contributed by atoms with Gasteiger partial charge in [0.1, 0.15) is 16.6 Å². The highest BCUT2D eigenvalue weighted by atomic mass is 32.2. The first-order chi connectivity index (χ1) is 14.2. The minimum Gasteiger partial charge on any atom is -0.496 e. The second-order valence-corrected chi connectivity index (χ2v) is 7.99. The van der Waals surface area contributed by atoms with Gasteiger partial charge in [-0.05, 0) is 43.3 Å². The molecule has 0 aliphatic carbocycles. The van der Waals surface area contributed by atoms with Crippen molar-refractivity contribution in [3.8, 4) is 27.7 Å². The van der Waals surface area contributed by atoms with Crippen LogP contribution in [-0.4, -0.2) is 26.9 Å². The van der Waals surface area contributed by atoms with Crippen LogP contribution in [0.2, 0.25) is 0 Å². The molecule has 8 heteroatoms. The Morgan fingerprint density at radius 3 is 2.66 bits per heavy atom. The second-order valence-electron chi connectivity index (χ2n) is 6.19. The van der Waals surface area contributed by atoms with Gasteiger partial charge in [0.25, 0.3) is 0 Å². The monoisotopic (exact) mass is 426 g/mol. The van der Waals surface area contributed by atoms with Gasteiger partial charge in [0.2, 0.25) is 0 Å². The Hall–Kier alpha value is -2.71. The zero-order chi connectivity index (χ0) is 20.2. The van der Waals surface area contributed by atoms with Crippen molar-refractivity contribution in [3.05, 3.63) is 65.4 Å². The van der Waals surface area contributed by atoms with E-state index in [0.717, 1.165) is 45.1 Å². The molecule has 5 nitrogen and oxygen atoms in total. The molecule has 0 amide bonds. The van der Waals surface area contributed by atoms with Crippen molar-refractivity contribution >= 4 is 23.1 Å². The molecule has 0 N–H and O–H groups in total. The number of thiazole rings is 1. The van der Waals surface area contributed by atoms with Gasteiger partial charge in [-0.3, -0.25) is 0 Å². The molecule has 0 radical (unpaired) electrons. The van der Waals surface area contributed by atoms with Gasteiger partial charge >= 0.3 is 0 Å². The van der Waals surface area contributed by atoms with Crippen LogP contribution >= 0.6 is 23.1 Å². The Kier molecular flexibility index (Phi) is 5.92. The van der Waals surface area contributed by atoms with E-state index < -0.39 is 0 Å². The summed E-state index contributed by atoms with van der Waals surface area (Å²) in [6, 6.07) is 14.2. The van der Waals surface area contributed by atoms with E-state index in [1.807, 2.05) is 29.6 Å². The summed E-state index contributed by atoms with van der Waals surface area (Å²) < 4.78 is 20.7. The lowest BCUT2D eigenvalue weighted by molar-refractivity contribution is 0.416. The van der Waals surface area contributed by atoms with E-state index in [1.54, 1.807) is 42.3 Å². The van der Waals surface area contributed by atoms with Gasteiger partial charge in [0.05, 0.1) is 18.4 Å². The van der Waals surface area contributed by atoms with E-state index in [2.05, 4.69) is 26.7 Å². The Bertz CT molecular complexity index is 1110. The number of nitrogens with zero attached hydrogens (tertiary/aromatic N) is 4. The highest BCUT2D eigenvalue weighted by Gasteiger charge is 2.17. The lowest BCUT2D eigenvalue weighted by atomic mass is 10.2. The summed E-state index contributed by atoms with van der Waals surface area (Å²) in [4.78, 5) is 4.67. The first kappa shape index (κ1) is 19.6. The smallest absolute Gasteiger partial charge is 0.191 e. The molecule has 0 atom stereocenters. The summed E-state index contributed by atoms with van der Waals surface area (Å²) in [5.74, 6) is 2.00. The highest BCUT2D eigenvalue weighted by molar-refractivity contribution is 7.98. The zero-order valence-electron chi connectivity index (χ0n) is 16.0. The van der Waals surface area contributed by atoms with Gasteiger partial charge in [0, 0.05) is 23.2 Å². The molecule has 2 aromatic heterocycles. The third-order valence-electron chi connectivity index (χ3n) is 4.37. The van der Waals surface area contributed by atoms with Gasteiger partial charge in [0.15, 0.2) is 11.0 Å². The first-order valence-corrected chi connectivity index (χ1v) is 11.0. The molecule has 0 spiro atoms. The van der Waals surface area contributed by atoms with Crippen LogP contribution < -0.4 is 4.74 Å². The molecule has 0 fully saturated rings. The summed E-state index contributed by atoms with van der Waals surface area (Å²) >= 11 is 3.15. The van der Waals surface area contributed by atoms with Crippen molar-refractivity contribution in [3.63, 3.8) is 0 Å². The topological polar surface area (TPSA) is 52.8 Å². The lowest BCUT2D eigenvalue weighted by Crippen LogP contribution is -2.01. The fraction of sp³-hybridized carbons (Fsp3) is 0.190. The van der Waals surface area contributed by atoms with Crippen LogP contribution in [0.5, 0.6) is 5.75 Å². The number of methoxy groups -OCH3 is 1. The van der Waals surface area contributed by atoms with Crippen LogP contribution in [-0.2, 0) is 12.3 Å². The quantitative estimate of drug-likeness (QED) is 0.364. The first-order valence-electron chi connectivity index (χ1n) is 9.09. The maximum atomic E-state index is 13.1. The summed E-state index contributed by atoms with van der Waals surface area (Å²) in [6.45, 7) is 2.82. The molecule has 2 heterocycles. The molecule has 4 aromatic rings. The summed E-state index contributed by atoms with van der Waals surface area (Å²) in [5.41, 5.74) is 2.80. The van der Waals surface area contributed by atoms with Crippen LogP contribution in [0.3, 0.4) is 0 Å². The maximum absolute atomic E-state index is 13.1. The summed E-state index contributed by atoms with van der Waals surface area (Å²) in [7, 11) is 1.65. The number of halogens is 1. The number of aromatic nitrogens is 4. The minimum atomic E-state index is -0.245. The van der Waals surface area contributed by atoms with E-state index in [4.69, 9.17) is 4.74 Å². The normalized spacial score (nSPS) is 11.0. The van der Waals surface area contributed by atoms with Crippen molar-refractivity contribution in [2.45, 2.75) is 24.4 Å². The van der Waals surface area contributed by atoms with E-state index in [1.165, 1.54) is 12.1 Å². The molecular weight excluding hydrogens is 407 g/mol. The number of thioether (sulfide) groups is 1. The standard InChI is InChI=1S/C21H19FN4OS2/c1-3-26-19(17-6-4-5-7-18(17)27-2)24-25-21(26)29-13-16-12-28-20(23-16)14-8-10-15(22)11-9-14/h4-12H,3,13H2,1-2H3. The number of benzene rings is 2. The highest BCUT2D eigenvalue weighted by Crippen LogP contribution is 2.32. The number of rotatable bonds is 7. The number of ether oxygens (including phenoxy) is 1. The van der Waals surface area contributed by atoms with Crippen LogP contribution in [0.4, 0.5) is 4.39 Å². The molecule has 0 aliphatic rings. The molecule has 2 aromatic carbocycles. The van der Waals surface area contributed by atoms with Crippen LogP contribution in [0.1, 0.15) is 12.6 Å². The van der Waals surface area contributed by atoms with E-state index in [9.17, 15) is 4.39 Å². The molecule has 0 unspecified atom stereocenters. The number of para-hydroxylation sites is 1. The average Bonchev–Trinajstić information content (AvgIpc) is 3.39. The van der Waals surface area contributed by atoms with E-state index >= 15 is 0 Å².